The van der Waals surface area contributed by atoms with Gasteiger partial charge in [-0.15, -0.1) is 10.2 Å². The van der Waals surface area contributed by atoms with Crippen LogP contribution in [0.15, 0.2) is 41.8 Å². The predicted octanol–water partition coefficient (Wildman–Crippen LogP) is 2.76. The van der Waals surface area contributed by atoms with E-state index in [4.69, 9.17) is 0 Å². The van der Waals surface area contributed by atoms with E-state index in [0.29, 0.717) is 5.75 Å². The van der Waals surface area contributed by atoms with Crippen molar-refractivity contribution in [1.82, 2.24) is 19.7 Å². The molecular formula is C16H20N4OS. The maximum absolute atomic E-state index is 12.3. The van der Waals surface area contributed by atoms with Gasteiger partial charge in [0.05, 0.1) is 5.75 Å². The topological polar surface area (TPSA) is 51.0 Å². The average Bonchev–Trinajstić information content (AvgIpc) is 2.86. The van der Waals surface area contributed by atoms with E-state index in [1.54, 1.807) is 6.33 Å². The van der Waals surface area contributed by atoms with Gasteiger partial charge >= 0.3 is 0 Å². The van der Waals surface area contributed by atoms with Crippen molar-refractivity contribution in [3.05, 3.63) is 36.7 Å². The fourth-order valence-electron chi connectivity index (χ4n) is 2.63. The molecule has 0 radical (unpaired) electrons. The number of benzene rings is 1. The highest BCUT2D eigenvalue weighted by atomic mass is 32.2. The number of amides is 1. The van der Waals surface area contributed by atoms with Crippen LogP contribution in [0.4, 0.5) is 0 Å². The van der Waals surface area contributed by atoms with Crippen LogP contribution >= 0.6 is 11.8 Å². The molecule has 1 aromatic carbocycles. The Bertz CT molecular complexity index is 606. The van der Waals surface area contributed by atoms with Crippen LogP contribution in [0.5, 0.6) is 0 Å². The van der Waals surface area contributed by atoms with Gasteiger partial charge < -0.3 is 4.90 Å². The molecule has 1 amide bonds. The Balaban J connectivity index is 1.62. The predicted molar refractivity (Wildman–Crippen MR) is 87.1 cm³/mol. The number of rotatable bonds is 4. The zero-order valence-electron chi connectivity index (χ0n) is 12.5. The molecule has 6 heteroatoms. The van der Waals surface area contributed by atoms with Crippen molar-refractivity contribution in [1.29, 1.82) is 0 Å². The molecule has 2 heterocycles. The Kier molecular flexibility index (Phi) is 5.11. The first kappa shape index (κ1) is 15.1. The molecule has 0 bridgehead atoms. The molecule has 0 atom stereocenters. The van der Waals surface area contributed by atoms with Crippen molar-refractivity contribution in [2.24, 2.45) is 0 Å². The van der Waals surface area contributed by atoms with Crippen LogP contribution < -0.4 is 0 Å². The van der Waals surface area contributed by atoms with Crippen molar-refractivity contribution < 1.29 is 4.79 Å². The normalized spacial score (nSPS) is 15.5. The van der Waals surface area contributed by atoms with Gasteiger partial charge in [0, 0.05) is 18.8 Å². The molecule has 0 N–H and O–H groups in total. The summed E-state index contributed by atoms with van der Waals surface area (Å²) >= 11 is 1.46. The number of hydrogen-bond acceptors (Lipinski definition) is 4. The van der Waals surface area contributed by atoms with Crippen LogP contribution in [0.3, 0.4) is 0 Å². The lowest BCUT2D eigenvalue weighted by atomic mass is 10.2. The zero-order valence-corrected chi connectivity index (χ0v) is 13.3. The molecule has 116 valence electrons. The number of carbonyl (C=O) groups excluding carboxylic acids is 1. The Morgan fingerprint density at radius 1 is 1.09 bits per heavy atom. The Labute approximate surface area is 134 Å². The monoisotopic (exact) mass is 316 g/mol. The van der Waals surface area contributed by atoms with E-state index in [2.05, 4.69) is 10.2 Å². The summed E-state index contributed by atoms with van der Waals surface area (Å²) in [6, 6.07) is 9.94. The fraction of sp³-hybridized carbons (Fsp3) is 0.438. The highest BCUT2D eigenvalue weighted by molar-refractivity contribution is 7.99. The van der Waals surface area contributed by atoms with Crippen LogP contribution in [0, 0.1) is 0 Å². The smallest absolute Gasteiger partial charge is 0.233 e. The Morgan fingerprint density at radius 2 is 1.82 bits per heavy atom. The van der Waals surface area contributed by atoms with Crippen molar-refractivity contribution in [2.75, 3.05) is 18.8 Å². The SMILES string of the molecule is O=C(CSc1nncn1-c1ccccc1)N1CCCCCC1. The molecule has 1 aliphatic rings. The minimum absolute atomic E-state index is 0.203. The number of nitrogens with zero attached hydrogens (tertiary/aromatic N) is 4. The lowest BCUT2D eigenvalue weighted by Crippen LogP contribution is -2.33. The van der Waals surface area contributed by atoms with Gasteiger partial charge in [0.2, 0.25) is 5.91 Å². The van der Waals surface area contributed by atoms with Gasteiger partial charge in [-0.2, -0.15) is 0 Å². The van der Waals surface area contributed by atoms with Crippen molar-refractivity contribution >= 4 is 17.7 Å². The second-order valence-corrected chi connectivity index (χ2v) is 6.35. The molecule has 0 saturated carbocycles. The van der Waals surface area contributed by atoms with Crippen molar-refractivity contribution in [3.63, 3.8) is 0 Å². The summed E-state index contributed by atoms with van der Waals surface area (Å²) in [4.78, 5) is 14.3. The summed E-state index contributed by atoms with van der Waals surface area (Å²) in [5.74, 6) is 0.625. The van der Waals surface area contributed by atoms with Gasteiger partial charge in [-0.25, -0.2) is 0 Å². The third-order valence-electron chi connectivity index (χ3n) is 3.83. The molecule has 5 nitrogen and oxygen atoms in total. The van der Waals surface area contributed by atoms with Crippen LogP contribution in [-0.2, 0) is 4.79 Å². The van der Waals surface area contributed by atoms with Crippen molar-refractivity contribution in [2.45, 2.75) is 30.8 Å². The number of aromatic nitrogens is 3. The molecule has 22 heavy (non-hydrogen) atoms. The van der Waals surface area contributed by atoms with E-state index in [9.17, 15) is 4.79 Å². The van der Waals surface area contributed by atoms with E-state index in [1.165, 1.54) is 24.6 Å². The van der Waals surface area contributed by atoms with Gasteiger partial charge in [0.15, 0.2) is 5.16 Å². The van der Waals surface area contributed by atoms with E-state index in [0.717, 1.165) is 36.8 Å². The molecule has 0 spiro atoms. The number of carbonyl (C=O) groups is 1. The van der Waals surface area contributed by atoms with E-state index in [-0.39, 0.29) is 5.91 Å². The molecule has 3 rings (SSSR count). The first-order valence-electron chi connectivity index (χ1n) is 7.70. The van der Waals surface area contributed by atoms with Gasteiger partial charge in [-0.1, -0.05) is 42.8 Å². The van der Waals surface area contributed by atoms with Crippen LogP contribution in [0.25, 0.3) is 5.69 Å². The molecule has 1 fully saturated rings. The number of para-hydroxylation sites is 1. The molecule has 1 saturated heterocycles. The number of likely N-dealkylation sites (tertiary alicyclic amines) is 1. The second kappa shape index (κ2) is 7.45. The Hall–Kier alpha value is -1.82. The van der Waals surface area contributed by atoms with Crippen LogP contribution in [-0.4, -0.2) is 44.4 Å². The molecule has 2 aromatic rings. The highest BCUT2D eigenvalue weighted by Gasteiger charge is 2.17. The standard InChI is InChI=1S/C16H20N4OS/c21-15(19-10-6-1-2-7-11-19)12-22-16-18-17-13-20(16)14-8-4-3-5-9-14/h3-5,8-9,13H,1-2,6-7,10-12H2. The average molecular weight is 316 g/mol. The summed E-state index contributed by atoms with van der Waals surface area (Å²) in [5, 5.41) is 8.86. The van der Waals surface area contributed by atoms with E-state index < -0.39 is 0 Å². The van der Waals surface area contributed by atoms with Crippen LogP contribution in [0.1, 0.15) is 25.7 Å². The highest BCUT2D eigenvalue weighted by Crippen LogP contribution is 2.20. The quantitative estimate of drug-likeness (QED) is 0.814. The summed E-state index contributed by atoms with van der Waals surface area (Å²) in [5.41, 5.74) is 1.01. The second-order valence-electron chi connectivity index (χ2n) is 5.40. The lowest BCUT2D eigenvalue weighted by molar-refractivity contribution is -0.128. The fourth-order valence-corrected chi connectivity index (χ4v) is 3.46. The first-order chi connectivity index (χ1) is 10.8. The summed E-state index contributed by atoms with van der Waals surface area (Å²) in [7, 11) is 0. The molecular weight excluding hydrogens is 296 g/mol. The van der Waals surface area contributed by atoms with Gasteiger partial charge in [-0.3, -0.25) is 9.36 Å². The van der Waals surface area contributed by atoms with Gasteiger partial charge in [-0.05, 0) is 25.0 Å². The minimum atomic E-state index is 0.203. The molecule has 1 aromatic heterocycles. The third-order valence-corrected chi connectivity index (χ3v) is 4.76. The van der Waals surface area contributed by atoms with Crippen LogP contribution in [0.2, 0.25) is 0 Å². The lowest BCUT2D eigenvalue weighted by Gasteiger charge is -2.19. The maximum Gasteiger partial charge on any atom is 0.233 e. The Morgan fingerprint density at radius 3 is 2.55 bits per heavy atom. The third kappa shape index (κ3) is 3.68. The largest absolute Gasteiger partial charge is 0.342 e. The first-order valence-corrected chi connectivity index (χ1v) is 8.69. The number of hydrogen-bond donors (Lipinski definition) is 0. The molecule has 0 unspecified atom stereocenters. The number of thioether (sulfide) groups is 1. The maximum atomic E-state index is 12.3. The summed E-state index contributed by atoms with van der Waals surface area (Å²) in [6.45, 7) is 1.79. The summed E-state index contributed by atoms with van der Waals surface area (Å²) in [6.07, 6.45) is 6.40. The van der Waals surface area contributed by atoms with Crippen molar-refractivity contribution in [3.8, 4) is 5.69 Å². The molecule has 0 aliphatic carbocycles. The zero-order chi connectivity index (χ0) is 15.2. The molecule has 1 aliphatic heterocycles. The van der Waals surface area contributed by atoms with Gasteiger partial charge in [0.25, 0.3) is 0 Å². The summed E-state index contributed by atoms with van der Waals surface area (Å²) < 4.78 is 1.92. The van der Waals surface area contributed by atoms with E-state index >= 15 is 0 Å². The minimum Gasteiger partial charge on any atom is -0.342 e. The van der Waals surface area contributed by atoms with Gasteiger partial charge in [0.1, 0.15) is 6.33 Å². The van der Waals surface area contributed by atoms with E-state index in [1.807, 2.05) is 39.8 Å².